The lowest BCUT2D eigenvalue weighted by atomic mass is 9.83. The van der Waals surface area contributed by atoms with Gasteiger partial charge in [0.1, 0.15) is 23.1 Å². The molecule has 0 bridgehead atoms. The molecule has 1 unspecified atom stereocenters. The molecule has 7 heteroatoms. The van der Waals surface area contributed by atoms with Gasteiger partial charge in [-0.25, -0.2) is 4.79 Å². The van der Waals surface area contributed by atoms with Crippen molar-refractivity contribution in [3.63, 3.8) is 0 Å². The Kier molecular flexibility index (Phi) is 5.37. The summed E-state index contributed by atoms with van der Waals surface area (Å²) in [7, 11) is 0. The minimum atomic E-state index is -0.612. The number of carbonyl (C=O) groups excluding carboxylic acids is 1. The van der Waals surface area contributed by atoms with Crippen LogP contribution in [0.3, 0.4) is 0 Å². The molecule has 2 N–H and O–H groups in total. The largest absolute Gasteiger partial charge is 0.440 e. The van der Waals surface area contributed by atoms with Crippen molar-refractivity contribution in [3.05, 3.63) is 105 Å². The molecule has 0 amide bonds. The number of rotatable bonds is 3. The van der Waals surface area contributed by atoms with E-state index >= 15 is 0 Å². The highest BCUT2D eigenvalue weighted by molar-refractivity contribution is 6.36. The van der Waals surface area contributed by atoms with Gasteiger partial charge in [-0.3, -0.25) is 0 Å². The summed E-state index contributed by atoms with van der Waals surface area (Å²) >= 11 is 12.8. The van der Waals surface area contributed by atoms with Gasteiger partial charge in [0.05, 0.1) is 11.5 Å². The molecule has 3 aromatic carbocycles. The van der Waals surface area contributed by atoms with E-state index in [0.29, 0.717) is 32.5 Å². The van der Waals surface area contributed by atoms with Crippen LogP contribution >= 0.6 is 23.2 Å². The SMILES string of the molecule is N#CC1=C(N)Oc2cc(OC(=O)c3ccccc3)ccc2C1c1c(Cl)cccc1Cl. The molecule has 30 heavy (non-hydrogen) atoms. The van der Waals surface area contributed by atoms with Crippen LogP contribution in [0, 0.1) is 11.3 Å². The third-order valence-electron chi connectivity index (χ3n) is 4.70. The molecule has 0 saturated carbocycles. The van der Waals surface area contributed by atoms with Gasteiger partial charge in [-0.05, 0) is 30.3 Å². The van der Waals surface area contributed by atoms with E-state index in [1.807, 2.05) is 6.07 Å². The summed E-state index contributed by atoms with van der Waals surface area (Å²) in [6.45, 7) is 0. The van der Waals surface area contributed by atoms with Crippen molar-refractivity contribution in [2.24, 2.45) is 5.73 Å². The number of hydrogen-bond donors (Lipinski definition) is 1. The summed E-state index contributed by atoms with van der Waals surface area (Å²) in [5, 5.41) is 10.5. The molecular weight excluding hydrogens is 423 g/mol. The molecule has 0 radical (unpaired) electrons. The summed E-state index contributed by atoms with van der Waals surface area (Å²) in [6, 6.07) is 20.7. The van der Waals surface area contributed by atoms with Crippen molar-refractivity contribution in [2.75, 3.05) is 0 Å². The third kappa shape index (κ3) is 3.59. The monoisotopic (exact) mass is 436 g/mol. The van der Waals surface area contributed by atoms with Gasteiger partial charge >= 0.3 is 5.97 Å². The first-order valence-corrected chi connectivity index (χ1v) is 9.68. The van der Waals surface area contributed by atoms with Crippen LogP contribution < -0.4 is 15.2 Å². The molecule has 0 aliphatic carbocycles. The lowest BCUT2D eigenvalue weighted by Crippen LogP contribution is -2.21. The molecule has 1 aliphatic rings. The van der Waals surface area contributed by atoms with Crippen LogP contribution in [-0.2, 0) is 0 Å². The number of nitriles is 1. The number of halogens is 2. The van der Waals surface area contributed by atoms with Crippen LogP contribution in [0.1, 0.15) is 27.4 Å². The predicted molar refractivity (Wildman–Crippen MR) is 114 cm³/mol. The molecule has 5 nitrogen and oxygen atoms in total. The van der Waals surface area contributed by atoms with E-state index < -0.39 is 11.9 Å². The molecule has 0 aromatic heterocycles. The number of carbonyl (C=O) groups is 1. The maximum Gasteiger partial charge on any atom is 0.343 e. The first kappa shape index (κ1) is 19.8. The Labute approximate surface area is 182 Å². The van der Waals surface area contributed by atoms with Crippen molar-refractivity contribution in [1.82, 2.24) is 0 Å². The fourth-order valence-corrected chi connectivity index (χ4v) is 3.94. The van der Waals surface area contributed by atoms with Gasteiger partial charge in [-0.15, -0.1) is 0 Å². The number of nitrogens with two attached hydrogens (primary N) is 1. The van der Waals surface area contributed by atoms with Crippen LogP contribution in [0.4, 0.5) is 0 Å². The Morgan fingerprint density at radius 3 is 2.40 bits per heavy atom. The van der Waals surface area contributed by atoms with Crippen LogP contribution in [0.2, 0.25) is 10.0 Å². The molecule has 3 aromatic rings. The van der Waals surface area contributed by atoms with E-state index in [2.05, 4.69) is 6.07 Å². The molecule has 4 rings (SSSR count). The average Bonchev–Trinajstić information content (AvgIpc) is 2.74. The minimum Gasteiger partial charge on any atom is -0.440 e. The molecule has 148 valence electrons. The number of nitrogens with zero attached hydrogens (tertiary/aromatic N) is 1. The summed E-state index contributed by atoms with van der Waals surface area (Å²) < 4.78 is 11.1. The highest BCUT2D eigenvalue weighted by atomic mass is 35.5. The molecule has 1 heterocycles. The first-order chi connectivity index (χ1) is 14.5. The second-order valence-corrected chi connectivity index (χ2v) is 7.33. The van der Waals surface area contributed by atoms with Crippen molar-refractivity contribution in [3.8, 4) is 17.6 Å². The molecule has 1 aliphatic heterocycles. The Hall–Kier alpha value is -3.46. The lowest BCUT2D eigenvalue weighted by molar-refractivity contribution is 0.0734. The van der Waals surface area contributed by atoms with Gasteiger partial charge in [-0.1, -0.05) is 53.5 Å². The van der Waals surface area contributed by atoms with E-state index in [-0.39, 0.29) is 17.2 Å². The van der Waals surface area contributed by atoms with E-state index in [4.69, 9.17) is 38.4 Å². The van der Waals surface area contributed by atoms with Crippen LogP contribution in [0.25, 0.3) is 0 Å². The Morgan fingerprint density at radius 1 is 1.03 bits per heavy atom. The number of ether oxygens (including phenoxy) is 2. The van der Waals surface area contributed by atoms with Gasteiger partial charge in [0.2, 0.25) is 5.88 Å². The summed E-state index contributed by atoms with van der Waals surface area (Å²) in [4.78, 5) is 12.3. The van der Waals surface area contributed by atoms with Crippen molar-refractivity contribution < 1.29 is 14.3 Å². The van der Waals surface area contributed by atoms with E-state index in [0.717, 1.165) is 0 Å². The van der Waals surface area contributed by atoms with Crippen molar-refractivity contribution >= 4 is 29.2 Å². The third-order valence-corrected chi connectivity index (χ3v) is 5.36. The maximum atomic E-state index is 12.3. The number of hydrogen-bond acceptors (Lipinski definition) is 5. The zero-order chi connectivity index (χ0) is 21.3. The zero-order valence-corrected chi connectivity index (χ0v) is 16.9. The van der Waals surface area contributed by atoms with Gasteiger partial charge in [-0.2, -0.15) is 5.26 Å². The Bertz CT molecular complexity index is 1200. The predicted octanol–water partition coefficient (Wildman–Crippen LogP) is 5.43. The molecule has 0 fully saturated rings. The fraction of sp³-hybridized carbons (Fsp3) is 0.0435. The number of fused-ring (bicyclic) bond motifs is 1. The highest BCUT2D eigenvalue weighted by Gasteiger charge is 2.33. The standard InChI is InChI=1S/C23H14Cl2N2O3/c24-17-7-4-8-18(25)21(17)20-15-10-9-14(11-19(15)30-22(27)16(20)12-26)29-23(28)13-5-2-1-3-6-13/h1-11,20H,27H2. The average molecular weight is 437 g/mol. The van der Waals surface area contributed by atoms with Gasteiger partial charge in [0.25, 0.3) is 0 Å². The van der Waals surface area contributed by atoms with E-state index in [1.165, 1.54) is 0 Å². The van der Waals surface area contributed by atoms with Gasteiger partial charge in [0.15, 0.2) is 0 Å². The number of esters is 1. The number of allylic oxidation sites excluding steroid dienone is 1. The van der Waals surface area contributed by atoms with E-state index in [1.54, 1.807) is 60.7 Å². The Morgan fingerprint density at radius 2 is 1.73 bits per heavy atom. The van der Waals surface area contributed by atoms with Crippen LogP contribution in [-0.4, -0.2) is 5.97 Å². The second kappa shape index (κ2) is 8.11. The van der Waals surface area contributed by atoms with Crippen LogP contribution in [0.15, 0.2) is 78.2 Å². The fourth-order valence-electron chi connectivity index (χ4n) is 3.32. The van der Waals surface area contributed by atoms with Gasteiger partial charge in [0, 0.05) is 27.2 Å². The van der Waals surface area contributed by atoms with Crippen molar-refractivity contribution in [1.29, 1.82) is 5.26 Å². The Balaban J connectivity index is 1.76. The van der Waals surface area contributed by atoms with Crippen LogP contribution in [0.5, 0.6) is 11.5 Å². The van der Waals surface area contributed by atoms with E-state index in [9.17, 15) is 10.1 Å². The summed E-state index contributed by atoms with van der Waals surface area (Å²) in [5.41, 5.74) is 7.82. The topological polar surface area (TPSA) is 85.3 Å². The molecular formula is C23H14Cl2N2O3. The highest BCUT2D eigenvalue weighted by Crippen LogP contribution is 2.47. The first-order valence-electron chi connectivity index (χ1n) is 8.92. The molecule has 0 spiro atoms. The maximum absolute atomic E-state index is 12.3. The van der Waals surface area contributed by atoms with Crippen molar-refractivity contribution in [2.45, 2.75) is 5.92 Å². The van der Waals surface area contributed by atoms with Gasteiger partial charge < -0.3 is 15.2 Å². The summed E-state index contributed by atoms with van der Waals surface area (Å²) in [5.74, 6) is -0.541. The normalized spacial score (nSPS) is 15.0. The second-order valence-electron chi connectivity index (χ2n) is 6.52. The minimum absolute atomic E-state index is 0.0578. The smallest absolute Gasteiger partial charge is 0.343 e. The molecule has 0 saturated heterocycles. The number of benzene rings is 3. The zero-order valence-electron chi connectivity index (χ0n) is 15.4. The summed E-state index contributed by atoms with van der Waals surface area (Å²) in [6.07, 6.45) is 0. The molecule has 1 atom stereocenters. The quantitative estimate of drug-likeness (QED) is 0.436. The lowest BCUT2D eigenvalue weighted by Gasteiger charge is -2.27.